The molecule has 1 saturated heterocycles. The molecule has 1 aliphatic heterocycles. The molecular formula is C18H18Cl2N2O3S. The van der Waals surface area contributed by atoms with Gasteiger partial charge < -0.3 is 5.32 Å². The standard InChI is InChI=1S/C18H18Cl2N2O3S/c19-15-7-4-8-16(17(15)20)21-18(23)13-9-11-22(12-10-13)26(24,25)14-5-2-1-3-6-14/h1-8,13H,9-12H2,(H,21,23). The van der Waals surface area contributed by atoms with E-state index in [1.54, 1.807) is 48.5 Å². The number of hydrogen-bond acceptors (Lipinski definition) is 3. The maximum absolute atomic E-state index is 12.6. The quantitative estimate of drug-likeness (QED) is 0.823. The summed E-state index contributed by atoms with van der Waals surface area (Å²) in [5.41, 5.74) is 0.462. The molecule has 1 fully saturated rings. The van der Waals surface area contributed by atoms with Crippen LogP contribution in [0.15, 0.2) is 53.4 Å². The highest BCUT2D eigenvalue weighted by Crippen LogP contribution is 2.31. The predicted octanol–water partition coefficient (Wildman–Crippen LogP) is 4.03. The first kappa shape index (κ1) is 19.2. The maximum atomic E-state index is 12.6. The highest BCUT2D eigenvalue weighted by Gasteiger charge is 2.32. The Morgan fingerprint density at radius 3 is 2.31 bits per heavy atom. The van der Waals surface area contributed by atoms with Crippen molar-refractivity contribution in [3.8, 4) is 0 Å². The lowest BCUT2D eigenvalue weighted by Crippen LogP contribution is -2.41. The lowest BCUT2D eigenvalue weighted by Gasteiger charge is -2.30. The molecule has 138 valence electrons. The molecule has 0 aliphatic carbocycles. The Kier molecular flexibility index (Phi) is 5.87. The number of rotatable bonds is 4. The van der Waals surface area contributed by atoms with Crippen molar-refractivity contribution in [1.82, 2.24) is 4.31 Å². The molecule has 0 saturated carbocycles. The number of nitrogens with one attached hydrogen (secondary N) is 1. The Morgan fingerprint density at radius 1 is 1.00 bits per heavy atom. The fourth-order valence-electron chi connectivity index (χ4n) is 2.94. The molecule has 8 heteroatoms. The van der Waals surface area contributed by atoms with Crippen LogP contribution in [0, 0.1) is 5.92 Å². The van der Waals surface area contributed by atoms with Crippen LogP contribution in [0.3, 0.4) is 0 Å². The zero-order valence-electron chi connectivity index (χ0n) is 13.9. The van der Waals surface area contributed by atoms with Crippen molar-refractivity contribution in [2.45, 2.75) is 17.7 Å². The number of carbonyl (C=O) groups is 1. The van der Waals surface area contributed by atoms with Crippen LogP contribution in [0.2, 0.25) is 10.0 Å². The molecule has 1 N–H and O–H groups in total. The molecule has 0 atom stereocenters. The first-order valence-corrected chi connectivity index (χ1v) is 10.4. The SMILES string of the molecule is O=C(Nc1cccc(Cl)c1Cl)C1CCN(S(=O)(=O)c2ccccc2)CC1. The van der Waals surface area contributed by atoms with Gasteiger partial charge >= 0.3 is 0 Å². The van der Waals surface area contributed by atoms with Crippen molar-refractivity contribution in [1.29, 1.82) is 0 Å². The van der Waals surface area contributed by atoms with E-state index in [0.717, 1.165) is 0 Å². The van der Waals surface area contributed by atoms with Crippen LogP contribution in [0.4, 0.5) is 5.69 Å². The fourth-order valence-corrected chi connectivity index (χ4v) is 4.77. The molecule has 0 spiro atoms. The lowest BCUT2D eigenvalue weighted by atomic mass is 9.97. The normalized spacial score (nSPS) is 16.4. The number of piperidine rings is 1. The summed E-state index contributed by atoms with van der Waals surface area (Å²) in [5, 5.41) is 3.45. The van der Waals surface area contributed by atoms with Gasteiger partial charge in [-0.3, -0.25) is 4.79 Å². The van der Waals surface area contributed by atoms with E-state index in [1.165, 1.54) is 4.31 Å². The topological polar surface area (TPSA) is 66.5 Å². The summed E-state index contributed by atoms with van der Waals surface area (Å²) in [7, 11) is -3.52. The van der Waals surface area contributed by atoms with Crippen LogP contribution in [-0.2, 0) is 14.8 Å². The maximum Gasteiger partial charge on any atom is 0.243 e. The van der Waals surface area contributed by atoms with Gasteiger partial charge in [0, 0.05) is 19.0 Å². The van der Waals surface area contributed by atoms with E-state index in [1.807, 2.05) is 0 Å². The number of sulfonamides is 1. The second kappa shape index (κ2) is 7.96. The molecule has 0 aromatic heterocycles. The summed E-state index contributed by atoms with van der Waals surface area (Å²) in [6.45, 7) is 0.608. The number of hydrogen-bond donors (Lipinski definition) is 1. The predicted molar refractivity (Wildman–Crippen MR) is 103 cm³/mol. The van der Waals surface area contributed by atoms with E-state index < -0.39 is 10.0 Å². The van der Waals surface area contributed by atoms with Crippen LogP contribution in [0.1, 0.15) is 12.8 Å². The molecule has 1 heterocycles. The molecule has 5 nitrogen and oxygen atoms in total. The summed E-state index contributed by atoms with van der Waals surface area (Å²) < 4.78 is 26.7. The van der Waals surface area contributed by atoms with Crippen LogP contribution < -0.4 is 5.32 Å². The van der Waals surface area contributed by atoms with Gasteiger partial charge in [-0.15, -0.1) is 0 Å². The Hall–Kier alpha value is -1.60. The molecule has 0 radical (unpaired) electrons. The third kappa shape index (κ3) is 4.04. The highest BCUT2D eigenvalue weighted by molar-refractivity contribution is 7.89. The Balaban J connectivity index is 1.63. The van der Waals surface area contributed by atoms with Gasteiger partial charge in [-0.25, -0.2) is 8.42 Å². The molecule has 26 heavy (non-hydrogen) atoms. The van der Waals surface area contributed by atoms with Crippen molar-refractivity contribution < 1.29 is 13.2 Å². The van der Waals surface area contributed by atoms with Crippen molar-refractivity contribution in [3.63, 3.8) is 0 Å². The molecular weight excluding hydrogens is 395 g/mol. The third-order valence-corrected chi connectivity index (χ3v) is 7.15. The largest absolute Gasteiger partial charge is 0.324 e. The Bertz CT molecular complexity index is 896. The van der Waals surface area contributed by atoms with Gasteiger partial charge in [-0.05, 0) is 37.1 Å². The smallest absolute Gasteiger partial charge is 0.243 e. The van der Waals surface area contributed by atoms with E-state index >= 15 is 0 Å². The van der Waals surface area contributed by atoms with Gasteiger partial charge in [-0.1, -0.05) is 47.5 Å². The van der Waals surface area contributed by atoms with Gasteiger partial charge in [0.25, 0.3) is 0 Å². The minimum Gasteiger partial charge on any atom is -0.324 e. The Morgan fingerprint density at radius 2 is 1.65 bits per heavy atom. The first-order chi connectivity index (χ1) is 12.4. The van der Waals surface area contributed by atoms with E-state index in [9.17, 15) is 13.2 Å². The van der Waals surface area contributed by atoms with Crippen molar-refractivity contribution in [2.75, 3.05) is 18.4 Å². The molecule has 3 rings (SSSR count). The summed E-state index contributed by atoms with van der Waals surface area (Å²) >= 11 is 12.0. The molecule has 0 unspecified atom stereocenters. The van der Waals surface area contributed by atoms with Gasteiger partial charge in [0.1, 0.15) is 0 Å². The lowest BCUT2D eigenvalue weighted by molar-refractivity contribution is -0.120. The third-order valence-electron chi connectivity index (χ3n) is 4.42. The van der Waals surface area contributed by atoms with Crippen LogP contribution in [0.25, 0.3) is 0 Å². The second-order valence-corrected chi connectivity index (χ2v) is 8.81. The second-order valence-electron chi connectivity index (χ2n) is 6.08. The summed E-state index contributed by atoms with van der Waals surface area (Å²) in [6.07, 6.45) is 0.909. The minimum atomic E-state index is -3.52. The van der Waals surface area contributed by atoms with Crippen LogP contribution in [0.5, 0.6) is 0 Å². The molecule has 2 aromatic carbocycles. The summed E-state index contributed by atoms with van der Waals surface area (Å²) in [6, 6.07) is 13.4. The van der Waals surface area contributed by atoms with E-state index in [4.69, 9.17) is 23.2 Å². The first-order valence-electron chi connectivity index (χ1n) is 8.19. The zero-order chi connectivity index (χ0) is 18.7. The molecule has 0 bridgehead atoms. The number of carbonyl (C=O) groups excluding carboxylic acids is 1. The number of amides is 1. The number of anilines is 1. The van der Waals surface area contributed by atoms with Gasteiger partial charge in [0.05, 0.1) is 20.6 Å². The summed E-state index contributed by atoms with van der Waals surface area (Å²) in [4.78, 5) is 12.7. The highest BCUT2D eigenvalue weighted by atomic mass is 35.5. The average Bonchev–Trinajstić information content (AvgIpc) is 2.66. The van der Waals surface area contributed by atoms with E-state index in [2.05, 4.69) is 5.32 Å². The van der Waals surface area contributed by atoms with Crippen LogP contribution in [-0.4, -0.2) is 31.7 Å². The van der Waals surface area contributed by atoms with Crippen molar-refractivity contribution >= 4 is 44.8 Å². The average molecular weight is 413 g/mol. The van der Waals surface area contributed by atoms with Gasteiger partial charge in [0.2, 0.25) is 15.9 Å². The monoisotopic (exact) mass is 412 g/mol. The molecule has 1 amide bonds. The number of halogens is 2. The van der Waals surface area contributed by atoms with Gasteiger partial charge in [0.15, 0.2) is 0 Å². The van der Waals surface area contributed by atoms with E-state index in [0.29, 0.717) is 41.7 Å². The number of benzene rings is 2. The van der Waals surface area contributed by atoms with Gasteiger partial charge in [-0.2, -0.15) is 4.31 Å². The zero-order valence-corrected chi connectivity index (χ0v) is 16.2. The molecule has 1 aliphatic rings. The van der Waals surface area contributed by atoms with E-state index in [-0.39, 0.29) is 16.7 Å². The fraction of sp³-hybridized carbons (Fsp3) is 0.278. The number of nitrogens with zero attached hydrogens (tertiary/aromatic N) is 1. The Labute approximate surface area is 163 Å². The minimum absolute atomic E-state index is 0.175. The molecule has 2 aromatic rings. The summed E-state index contributed by atoms with van der Waals surface area (Å²) in [5.74, 6) is -0.446. The van der Waals surface area contributed by atoms with Crippen molar-refractivity contribution in [3.05, 3.63) is 58.6 Å². The van der Waals surface area contributed by atoms with Crippen LogP contribution >= 0.6 is 23.2 Å². The van der Waals surface area contributed by atoms with Crippen molar-refractivity contribution in [2.24, 2.45) is 5.92 Å².